The quantitative estimate of drug-likeness (QED) is 0.755. The molecule has 1 aliphatic carbocycles. The van der Waals surface area contributed by atoms with Crippen LogP contribution >= 0.6 is 0 Å². The van der Waals surface area contributed by atoms with Gasteiger partial charge in [-0.25, -0.2) is 0 Å². The predicted octanol–water partition coefficient (Wildman–Crippen LogP) is 3.25. The van der Waals surface area contributed by atoms with E-state index in [1.54, 1.807) is 0 Å². The Kier molecular flexibility index (Phi) is 3.14. The van der Waals surface area contributed by atoms with Crippen LogP contribution in [0.25, 0.3) is 0 Å². The van der Waals surface area contributed by atoms with Crippen LogP contribution in [0.3, 0.4) is 0 Å². The third kappa shape index (κ3) is 1.90. The molecule has 0 atom stereocenters. The van der Waals surface area contributed by atoms with Gasteiger partial charge < -0.3 is 4.90 Å². The molecule has 2 nitrogen and oxygen atoms in total. The number of hydrogen-bond donors (Lipinski definition) is 0. The third-order valence-electron chi connectivity index (χ3n) is 3.58. The van der Waals surface area contributed by atoms with Crippen LogP contribution in [0.2, 0.25) is 0 Å². The first kappa shape index (κ1) is 11.0. The summed E-state index contributed by atoms with van der Waals surface area (Å²) in [5.41, 5.74) is 3.12. The van der Waals surface area contributed by atoms with Gasteiger partial charge in [0.25, 0.3) is 0 Å². The van der Waals surface area contributed by atoms with Crippen molar-refractivity contribution in [2.45, 2.75) is 38.6 Å². The minimum absolute atomic E-state index is 0.619. The van der Waals surface area contributed by atoms with Gasteiger partial charge in [0.15, 0.2) is 0 Å². The van der Waals surface area contributed by atoms with Gasteiger partial charge in [-0.2, -0.15) is 5.26 Å². The minimum Gasteiger partial charge on any atom is -0.370 e. The molecule has 0 amide bonds. The average Bonchev–Trinajstić information content (AvgIpc) is 2.81. The fourth-order valence-electron chi connectivity index (χ4n) is 2.69. The molecule has 84 valence electrons. The molecule has 16 heavy (non-hydrogen) atoms. The topological polar surface area (TPSA) is 27.0 Å². The third-order valence-corrected chi connectivity index (χ3v) is 3.58. The lowest BCUT2D eigenvalue weighted by Crippen LogP contribution is -2.30. The van der Waals surface area contributed by atoms with Gasteiger partial charge in [-0.1, -0.05) is 25.0 Å². The van der Waals surface area contributed by atoms with E-state index in [-0.39, 0.29) is 0 Å². The molecule has 0 bridgehead atoms. The molecule has 0 radical (unpaired) electrons. The molecule has 1 aliphatic rings. The Morgan fingerprint density at radius 3 is 2.62 bits per heavy atom. The van der Waals surface area contributed by atoms with Crippen LogP contribution in [-0.4, -0.2) is 13.1 Å². The second-order valence-corrected chi connectivity index (χ2v) is 4.63. The molecule has 1 saturated carbocycles. The highest BCUT2D eigenvalue weighted by Gasteiger charge is 2.22. The monoisotopic (exact) mass is 214 g/mol. The Morgan fingerprint density at radius 2 is 2.00 bits per heavy atom. The summed E-state index contributed by atoms with van der Waals surface area (Å²) >= 11 is 0. The van der Waals surface area contributed by atoms with E-state index in [1.807, 2.05) is 12.1 Å². The van der Waals surface area contributed by atoms with E-state index in [1.165, 1.54) is 31.2 Å². The smallest absolute Gasteiger partial charge is 0.101 e. The highest BCUT2D eigenvalue weighted by atomic mass is 15.1. The maximum Gasteiger partial charge on any atom is 0.101 e. The zero-order chi connectivity index (χ0) is 11.5. The summed E-state index contributed by atoms with van der Waals surface area (Å²) in [7, 11) is 2.12. The molecule has 1 fully saturated rings. The Balaban J connectivity index is 2.35. The van der Waals surface area contributed by atoms with Crippen molar-refractivity contribution < 1.29 is 0 Å². The van der Waals surface area contributed by atoms with Crippen LogP contribution in [-0.2, 0) is 0 Å². The second kappa shape index (κ2) is 4.57. The maximum absolute atomic E-state index is 9.16. The molecule has 1 aromatic carbocycles. The lowest BCUT2D eigenvalue weighted by atomic mass is 10.1. The zero-order valence-corrected chi connectivity index (χ0v) is 10.0. The molecule has 0 N–H and O–H groups in total. The van der Waals surface area contributed by atoms with Crippen LogP contribution < -0.4 is 4.90 Å². The Bertz CT molecular complexity index is 411. The van der Waals surface area contributed by atoms with E-state index < -0.39 is 0 Å². The van der Waals surface area contributed by atoms with E-state index in [2.05, 4.69) is 31.0 Å². The van der Waals surface area contributed by atoms with Gasteiger partial charge in [-0.15, -0.1) is 0 Å². The van der Waals surface area contributed by atoms with Gasteiger partial charge in [0.2, 0.25) is 0 Å². The average molecular weight is 214 g/mol. The summed E-state index contributed by atoms with van der Waals surface area (Å²) in [6.07, 6.45) is 5.16. The predicted molar refractivity (Wildman–Crippen MR) is 66.6 cm³/mol. The number of anilines is 1. The largest absolute Gasteiger partial charge is 0.370 e. The van der Waals surface area contributed by atoms with E-state index in [0.29, 0.717) is 6.04 Å². The lowest BCUT2D eigenvalue weighted by molar-refractivity contribution is 0.651. The number of aryl methyl sites for hydroxylation is 1. The summed E-state index contributed by atoms with van der Waals surface area (Å²) in [4.78, 5) is 2.31. The first-order valence-electron chi connectivity index (χ1n) is 5.96. The molecule has 0 aliphatic heterocycles. The minimum atomic E-state index is 0.619. The summed E-state index contributed by atoms with van der Waals surface area (Å²) in [5.74, 6) is 0. The lowest BCUT2D eigenvalue weighted by Gasteiger charge is -2.28. The van der Waals surface area contributed by atoms with E-state index in [0.717, 1.165) is 11.3 Å². The summed E-state index contributed by atoms with van der Waals surface area (Å²) in [5, 5.41) is 9.16. The molecular formula is C14H18N2. The van der Waals surface area contributed by atoms with Crippen LogP contribution in [0, 0.1) is 18.3 Å². The number of hydrogen-bond acceptors (Lipinski definition) is 2. The van der Waals surface area contributed by atoms with E-state index in [4.69, 9.17) is 5.26 Å². The molecule has 2 heteroatoms. The van der Waals surface area contributed by atoms with Crippen molar-refractivity contribution in [3.05, 3.63) is 29.3 Å². The van der Waals surface area contributed by atoms with Gasteiger partial charge >= 0.3 is 0 Å². The van der Waals surface area contributed by atoms with Gasteiger partial charge in [0.05, 0.1) is 11.3 Å². The first-order chi connectivity index (χ1) is 7.74. The number of nitriles is 1. The van der Waals surface area contributed by atoms with Gasteiger partial charge in [-0.05, 0) is 31.4 Å². The Morgan fingerprint density at radius 1 is 1.31 bits per heavy atom. The standard InChI is InChI=1S/C14H18N2/c1-11-6-5-7-12(10-15)14(11)16(2)13-8-3-4-9-13/h5-7,13H,3-4,8-9H2,1-2H3. The molecule has 0 saturated heterocycles. The molecule has 1 aromatic rings. The van der Waals surface area contributed by atoms with Crippen molar-refractivity contribution in [1.29, 1.82) is 5.26 Å². The van der Waals surface area contributed by atoms with Crippen LogP contribution in [0.1, 0.15) is 36.8 Å². The fourth-order valence-corrected chi connectivity index (χ4v) is 2.69. The van der Waals surface area contributed by atoms with Crippen LogP contribution in [0.15, 0.2) is 18.2 Å². The van der Waals surface area contributed by atoms with Gasteiger partial charge in [-0.3, -0.25) is 0 Å². The van der Waals surface area contributed by atoms with Gasteiger partial charge in [0, 0.05) is 13.1 Å². The zero-order valence-electron chi connectivity index (χ0n) is 10.0. The van der Waals surface area contributed by atoms with Gasteiger partial charge in [0.1, 0.15) is 6.07 Å². The molecular weight excluding hydrogens is 196 g/mol. The maximum atomic E-state index is 9.16. The molecule has 0 spiro atoms. The van der Waals surface area contributed by atoms with Crippen molar-refractivity contribution in [2.24, 2.45) is 0 Å². The number of benzene rings is 1. The number of nitrogens with zero attached hydrogens (tertiary/aromatic N) is 2. The molecule has 2 rings (SSSR count). The molecule has 0 aromatic heterocycles. The molecule has 0 unspecified atom stereocenters. The number of rotatable bonds is 2. The highest BCUT2D eigenvalue weighted by molar-refractivity contribution is 5.64. The number of para-hydroxylation sites is 1. The van der Waals surface area contributed by atoms with Crippen LogP contribution in [0.5, 0.6) is 0 Å². The normalized spacial score (nSPS) is 16.1. The second-order valence-electron chi connectivity index (χ2n) is 4.63. The van der Waals surface area contributed by atoms with E-state index >= 15 is 0 Å². The van der Waals surface area contributed by atoms with Crippen molar-refractivity contribution in [1.82, 2.24) is 0 Å². The van der Waals surface area contributed by atoms with Crippen molar-refractivity contribution in [2.75, 3.05) is 11.9 Å². The SMILES string of the molecule is Cc1cccc(C#N)c1N(C)C1CCCC1. The highest BCUT2D eigenvalue weighted by Crippen LogP contribution is 2.31. The first-order valence-corrected chi connectivity index (χ1v) is 5.96. The van der Waals surface area contributed by atoms with Crippen LogP contribution in [0.4, 0.5) is 5.69 Å². The van der Waals surface area contributed by atoms with Crippen molar-refractivity contribution in [3.8, 4) is 6.07 Å². The van der Waals surface area contributed by atoms with E-state index in [9.17, 15) is 0 Å². The van der Waals surface area contributed by atoms with Crippen molar-refractivity contribution >= 4 is 5.69 Å². The fraction of sp³-hybridized carbons (Fsp3) is 0.500. The Labute approximate surface area is 97.5 Å². The Hall–Kier alpha value is -1.49. The molecule has 0 heterocycles. The summed E-state index contributed by atoms with van der Waals surface area (Å²) in [6.45, 7) is 2.08. The summed E-state index contributed by atoms with van der Waals surface area (Å²) < 4.78 is 0. The van der Waals surface area contributed by atoms with Crippen molar-refractivity contribution in [3.63, 3.8) is 0 Å². The summed E-state index contributed by atoms with van der Waals surface area (Å²) in [6, 6.07) is 8.87.